The molecule has 1 unspecified atom stereocenters. The van der Waals surface area contributed by atoms with Gasteiger partial charge in [-0.1, -0.05) is 67.6 Å². The highest BCUT2D eigenvalue weighted by molar-refractivity contribution is 7.88. The molecule has 0 spiro atoms. The molecule has 1 aliphatic heterocycles. The Hall–Kier alpha value is -1.65. The molecule has 2 aromatic rings. The van der Waals surface area contributed by atoms with Crippen molar-refractivity contribution >= 4 is 10.0 Å². The fourth-order valence-corrected chi connectivity index (χ4v) is 4.77. The molecular formula is C17H19NO2S. The first kappa shape index (κ1) is 14.3. The molecule has 0 bridgehead atoms. The molecule has 0 saturated carbocycles. The number of rotatable bonds is 3. The molecular weight excluding hydrogens is 282 g/mol. The molecule has 110 valence electrons. The predicted molar refractivity (Wildman–Crippen MR) is 84.2 cm³/mol. The number of sulfonamides is 1. The standard InChI is InChI=1S/C17H19NO2S/c1-13-16(14-9-5-3-6-10-14)18(21(2,19)20)17(13)15-11-7-4-8-12-15/h3-13,16-17H,1-2H3/t13?,16-,17+. The van der Waals surface area contributed by atoms with Gasteiger partial charge in [-0.25, -0.2) is 8.42 Å². The van der Waals surface area contributed by atoms with Crippen molar-refractivity contribution in [2.45, 2.75) is 19.0 Å². The Labute approximate surface area is 126 Å². The quantitative estimate of drug-likeness (QED) is 0.871. The van der Waals surface area contributed by atoms with Crippen molar-refractivity contribution in [3.63, 3.8) is 0 Å². The number of nitrogens with zero attached hydrogens (tertiary/aromatic N) is 1. The Morgan fingerprint density at radius 3 is 1.52 bits per heavy atom. The zero-order valence-corrected chi connectivity index (χ0v) is 13.0. The lowest BCUT2D eigenvalue weighted by Gasteiger charge is -2.52. The van der Waals surface area contributed by atoms with Crippen LogP contribution in [-0.2, 0) is 10.0 Å². The van der Waals surface area contributed by atoms with Crippen molar-refractivity contribution < 1.29 is 8.42 Å². The van der Waals surface area contributed by atoms with Gasteiger partial charge in [0.05, 0.1) is 18.3 Å². The monoisotopic (exact) mass is 301 g/mol. The molecule has 1 aliphatic rings. The van der Waals surface area contributed by atoms with Gasteiger partial charge in [0.15, 0.2) is 0 Å². The molecule has 0 radical (unpaired) electrons. The SMILES string of the molecule is CC1[C@@H](c2ccccc2)N(S(C)(=O)=O)[C@H]1c1ccccc1. The molecule has 4 heteroatoms. The molecule has 3 nitrogen and oxygen atoms in total. The van der Waals surface area contributed by atoms with Gasteiger partial charge in [-0.15, -0.1) is 0 Å². The van der Waals surface area contributed by atoms with E-state index in [0.29, 0.717) is 0 Å². The third-order valence-corrected chi connectivity index (χ3v) is 5.43. The maximum atomic E-state index is 12.3. The summed E-state index contributed by atoms with van der Waals surface area (Å²) in [6, 6.07) is 19.6. The van der Waals surface area contributed by atoms with Gasteiger partial charge in [-0.2, -0.15) is 4.31 Å². The van der Waals surface area contributed by atoms with Crippen LogP contribution in [0.5, 0.6) is 0 Å². The molecule has 3 rings (SSSR count). The van der Waals surface area contributed by atoms with E-state index in [0.717, 1.165) is 11.1 Å². The summed E-state index contributed by atoms with van der Waals surface area (Å²) in [4.78, 5) is 0. The number of hydrogen-bond donors (Lipinski definition) is 0. The molecule has 1 fully saturated rings. The van der Waals surface area contributed by atoms with Crippen LogP contribution >= 0.6 is 0 Å². The average Bonchev–Trinajstić information content (AvgIpc) is 2.46. The second kappa shape index (κ2) is 5.28. The number of benzene rings is 2. The van der Waals surface area contributed by atoms with Crippen LogP contribution in [0.4, 0.5) is 0 Å². The Morgan fingerprint density at radius 1 is 0.810 bits per heavy atom. The Bertz CT molecular complexity index is 665. The van der Waals surface area contributed by atoms with Crippen molar-refractivity contribution in [3.05, 3.63) is 71.8 Å². The molecule has 21 heavy (non-hydrogen) atoms. The van der Waals surface area contributed by atoms with Gasteiger partial charge in [-0.3, -0.25) is 0 Å². The van der Waals surface area contributed by atoms with E-state index in [-0.39, 0.29) is 18.0 Å². The Balaban J connectivity index is 2.02. The molecule has 0 amide bonds. The van der Waals surface area contributed by atoms with E-state index >= 15 is 0 Å². The summed E-state index contributed by atoms with van der Waals surface area (Å²) in [5.74, 6) is 0.254. The van der Waals surface area contributed by atoms with Crippen LogP contribution in [0, 0.1) is 5.92 Å². The van der Waals surface area contributed by atoms with Crippen LogP contribution in [0.3, 0.4) is 0 Å². The second-order valence-corrected chi connectivity index (χ2v) is 7.55. The fraction of sp³-hybridized carbons (Fsp3) is 0.294. The van der Waals surface area contributed by atoms with Gasteiger partial charge in [-0.05, 0) is 17.0 Å². The molecule has 0 N–H and O–H groups in total. The zero-order valence-electron chi connectivity index (χ0n) is 12.2. The van der Waals surface area contributed by atoms with Crippen molar-refractivity contribution in [2.24, 2.45) is 5.92 Å². The lowest BCUT2D eigenvalue weighted by molar-refractivity contribution is 0.0303. The van der Waals surface area contributed by atoms with E-state index in [4.69, 9.17) is 0 Å². The smallest absolute Gasteiger partial charge is 0.212 e. The zero-order chi connectivity index (χ0) is 15.0. The molecule has 0 aromatic heterocycles. The third-order valence-electron chi connectivity index (χ3n) is 4.21. The average molecular weight is 301 g/mol. The minimum atomic E-state index is -3.26. The van der Waals surface area contributed by atoms with E-state index in [1.807, 2.05) is 60.7 Å². The molecule has 0 aliphatic carbocycles. The van der Waals surface area contributed by atoms with Gasteiger partial charge in [0.2, 0.25) is 10.0 Å². The fourth-order valence-electron chi connectivity index (χ4n) is 3.32. The molecule has 1 heterocycles. The summed E-state index contributed by atoms with van der Waals surface area (Å²) in [5, 5.41) is 0. The highest BCUT2D eigenvalue weighted by Gasteiger charge is 2.51. The van der Waals surface area contributed by atoms with Crippen molar-refractivity contribution in [1.82, 2.24) is 4.31 Å². The summed E-state index contributed by atoms with van der Waals surface area (Å²) in [6.45, 7) is 2.12. The summed E-state index contributed by atoms with van der Waals surface area (Å²) in [7, 11) is -3.26. The first-order chi connectivity index (χ1) is 10.00. The van der Waals surface area contributed by atoms with E-state index in [1.165, 1.54) is 6.26 Å². The van der Waals surface area contributed by atoms with Crippen molar-refractivity contribution in [1.29, 1.82) is 0 Å². The van der Waals surface area contributed by atoms with Crippen LogP contribution in [-0.4, -0.2) is 19.0 Å². The highest BCUT2D eigenvalue weighted by atomic mass is 32.2. The maximum Gasteiger partial charge on any atom is 0.212 e. The number of hydrogen-bond acceptors (Lipinski definition) is 2. The van der Waals surface area contributed by atoms with Gasteiger partial charge in [0.25, 0.3) is 0 Å². The van der Waals surface area contributed by atoms with E-state index in [2.05, 4.69) is 6.92 Å². The minimum Gasteiger partial charge on any atom is -0.212 e. The van der Waals surface area contributed by atoms with Crippen LogP contribution in [0.25, 0.3) is 0 Å². The lowest BCUT2D eigenvalue weighted by Crippen LogP contribution is -2.53. The van der Waals surface area contributed by atoms with Crippen LogP contribution in [0.15, 0.2) is 60.7 Å². The van der Waals surface area contributed by atoms with Crippen LogP contribution < -0.4 is 0 Å². The summed E-state index contributed by atoms with van der Waals surface area (Å²) < 4.78 is 26.1. The van der Waals surface area contributed by atoms with Gasteiger partial charge < -0.3 is 0 Å². The van der Waals surface area contributed by atoms with E-state index in [1.54, 1.807) is 4.31 Å². The van der Waals surface area contributed by atoms with Crippen LogP contribution in [0.2, 0.25) is 0 Å². The van der Waals surface area contributed by atoms with Crippen LogP contribution in [0.1, 0.15) is 30.1 Å². The highest BCUT2D eigenvalue weighted by Crippen LogP contribution is 2.53. The Morgan fingerprint density at radius 2 is 1.19 bits per heavy atom. The molecule has 3 atom stereocenters. The third kappa shape index (κ3) is 2.49. The first-order valence-corrected chi connectivity index (χ1v) is 8.93. The topological polar surface area (TPSA) is 37.4 Å². The molecule has 1 saturated heterocycles. The van der Waals surface area contributed by atoms with Gasteiger partial charge in [0, 0.05) is 0 Å². The normalized spacial score (nSPS) is 26.3. The van der Waals surface area contributed by atoms with Crippen molar-refractivity contribution in [2.75, 3.05) is 6.26 Å². The van der Waals surface area contributed by atoms with E-state index in [9.17, 15) is 8.42 Å². The van der Waals surface area contributed by atoms with E-state index < -0.39 is 10.0 Å². The minimum absolute atomic E-state index is 0.0774. The second-order valence-electron chi connectivity index (χ2n) is 5.66. The Kier molecular flexibility index (Phi) is 3.59. The first-order valence-electron chi connectivity index (χ1n) is 7.08. The summed E-state index contributed by atoms with van der Waals surface area (Å²) >= 11 is 0. The summed E-state index contributed by atoms with van der Waals surface area (Å²) in [5.41, 5.74) is 2.12. The molecule has 2 aromatic carbocycles. The largest absolute Gasteiger partial charge is 0.212 e. The van der Waals surface area contributed by atoms with Crippen molar-refractivity contribution in [3.8, 4) is 0 Å². The van der Waals surface area contributed by atoms with Gasteiger partial charge in [0.1, 0.15) is 0 Å². The lowest BCUT2D eigenvalue weighted by atomic mass is 9.77. The summed E-state index contributed by atoms with van der Waals surface area (Å²) in [6.07, 6.45) is 1.30. The maximum absolute atomic E-state index is 12.3. The van der Waals surface area contributed by atoms with Gasteiger partial charge >= 0.3 is 0 Å². The predicted octanol–water partition coefficient (Wildman–Crippen LogP) is 3.38.